The van der Waals surface area contributed by atoms with Gasteiger partial charge in [0.25, 0.3) is 0 Å². The second-order valence-electron chi connectivity index (χ2n) is 10.9. The van der Waals surface area contributed by atoms with Crippen LogP contribution in [0.2, 0.25) is 0 Å². The van der Waals surface area contributed by atoms with Gasteiger partial charge in [0, 0.05) is 43.9 Å². The lowest BCUT2D eigenvalue weighted by Gasteiger charge is -2.62. The van der Waals surface area contributed by atoms with Crippen molar-refractivity contribution in [1.29, 1.82) is 0 Å². The van der Waals surface area contributed by atoms with E-state index in [1.165, 1.54) is 20.8 Å². The number of carbonyl (C=O) groups excluding carboxylic acids is 4. The summed E-state index contributed by atoms with van der Waals surface area (Å²) in [6, 6.07) is 0. The molecule has 0 aliphatic heterocycles. The molecule has 2 fully saturated rings. The fraction of sp³-hybridized carbons (Fsp3) is 0.692. The molecule has 7 atom stereocenters. The molecule has 3 aliphatic carbocycles. The number of rotatable bonds is 3. The number of aliphatic hydroxyl groups excluding tert-OH is 1. The predicted octanol–water partition coefficient (Wildman–Crippen LogP) is 2.18. The summed E-state index contributed by atoms with van der Waals surface area (Å²) >= 11 is 0. The van der Waals surface area contributed by atoms with Crippen LogP contribution in [0.4, 0.5) is 0 Å². The summed E-state index contributed by atoms with van der Waals surface area (Å²) in [6.45, 7) is 14.5. The van der Waals surface area contributed by atoms with Crippen molar-refractivity contribution in [3.05, 3.63) is 23.3 Å². The van der Waals surface area contributed by atoms with Gasteiger partial charge in [-0.3, -0.25) is 19.2 Å². The highest BCUT2D eigenvalue weighted by molar-refractivity contribution is 5.98. The van der Waals surface area contributed by atoms with E-state index in [1.54, 1.807) is 27.7 Å². The molecule has 2 bridgehead atoms. The van der Waals surface area contributed by atoms with Crippen molar-refractivity contribution in [3.63, 3.8) is 0 Å². The molecule has 0 amide bonds. The van der Waals surface area contributed by atoms with E-state index in [0.717, 1.165) is 0 Å². The summed E-state index contributed by atoms with van der Waals surface area (Å²) in [4.78, 5) is 50.3. The van der Waals surface area contributed by atoms with E-state index in [2.05, 4.69) is 6.58 Å². The molecule has 35 heavy (non-hydrogen) atoms. The zero-order chi connectivity index (χ0) is 26.7. The molecule has 0 saturated heterocycles. The van der Waals surface area contributed by atoms with Crippen LogP contribution in [-0.2, 0) is 33.4 Å². The third kappa shape index (κ3) is 4.12. The van der Waals surface area contributed by atoms with Crippen molar-refractivity contribution in [2.24, 2.45) is 16.7 Å². The quantitative estimate of drug-likeness (QED) is 0.345. The first-order valence-corrected chi connectivity index (χ1v) is 11.8. The van der Waals surface area contributed by atoms with Gasteiger partial charge in [0.15, 0.2) is 11.9 Å². The van der Waals surface area contributed by atoms with E-state index < -0.39 is 70.5 Å². The van der Waals surface area contributed by atoms with E-state index in [0.29, 0.717) is 11.1 Å². The Labute approximate surface area is 205 Å². The molecule has 0 spiro atoms. The third-order valence-corrected chi connectivity index (χ3v) is 8.36. The van der Waals surface area contributed by atoms with E-state index in [4.69, 9.17) is 14.2 Å². The lowest BCUT2D eigenvalue weighted by Crippen LogP contribution is -2.70. The Balaban J connectivity index is 2.48. The summed E-state index contributed by atoms with van der Waals surface area (Å²) in [6.07, 6.45) is -4.39. The Bertz CT molecular complexity index is 1010. The fourth-order valence-corrected chi connectivity index (χ4v) is 6.55. The van der Waals surface area contributed by atoms with Gasteiger partial charge < -0.3 is 24.4 Å². The minimum atomic E-state index is -1.93. The molecular formula is C26H36O9. The molecule has 3 rings (SSSR count). The first kappa shape index (κ1) is 27.1. The van der Waals surface area contributed by atoms with Crippen LogP contribution < -0.4 is 0 Å². The molecule has 0 aromatic rings. The van der Waals surface area contributed by atoms with E-state index >= 15 is 0 Å². The molecule has 9 heteroatoms. The Kier molecular flexibility index (Phi) is 6.85. The number of ether oxygens (including phenoxy) is 3. The summed E-state index contributed by atoms with van der Waals surface area (Å²) in [5, 5.41) is 23.1. The topological polar surface area (TPSA) is 136 Å². The van der Waals surface area contributed by atoms with E-state index in [9.17, 15) is 29.4 Å². The van der Waals surface area contributed by atoms with Gasteiger partial charge in [0.05, 0.1) is 6.10 Å². The first-order chi connectivity index (χ1) is 16.0. The van der Waals surface area contributed by atoms with Crippen molar-refractivity contribution in [3.8, 4) is 0 Å². The molecule has 0 radical (unpaired) electrons. The van der Waals surface area contributed by atoms with Crippen LogP contribution in [-0.4, -0.2) is 63.9 Å². The molecule has 3 aliphatic rings. The predicted molar refractivity (Wildman–Crippen MR) is 124 cm³/mol. The van der Waals surface area contributed by atoms with Crippen molar-refractivity contribution >= 4 is 23.7 Å². The highest BCUT2D eigenvalue weighted by Crippen LogP contribution is 2.61. The van der Waals surface area contributed by atoms with Gasteiger partial charge in [-0.15, -0.1) is 0 Å². The number of Topliss-reactive ketones (excluding diaryl/α,β-unsaturated/α-hetero) is 1. The Morgan fingerprint density at radius 1 is 0.971 bits per heavy atom. The largest absolute Gasteiger partial charge is 0.459 e. The first-order valence-electron chi connectivity index (χ1n) is 11.8. The summed E-state index contributed by atoms with van der Waals surface area (Å²) in [7, 11) is 0. The fourth-order valence-electron chi connectivity index (χ4n) is 6.55. The maximum Gasteiger partial charge on any atom is 0.303 e. The van der Waals surface area contributed by atoms with Gasteiger partial charge in [0.2, 0.25) is 0 Å². The van der Waals surface area contributed by atoms with Crippen molar-refractivity contribution in [2.45, 2.75) is 97.7 Å². The maximum absolute atomic E-state index is 13.3. The van der Waals surface area contributed by atoms with Gasteiger partial charge in [-0.25, -0.2) is 0 Å². The SMILES string of the molecule is C=C1[C@@H](O)CC[C@@]2(C)[C@@H](OC(C)=O)[C@H](OC(C)=O)C3=C(C)C(=O)C[C@@](O)([C@@H](OC(C)=O)[C@H]12)C3(C)C. The number of allylic oxidation sites excluding steroid dienone is 1. The van der Waals surface area contributed by atoms with Crippen LogP contribution in [0.3, 0.4) is 0 Å². The number of hydrogen-bond acceptors (Lipinski definition) is 9. The molecule has 0 aromatic carbocycles. The van der Waals surface area contributed by atoms with Crippen LogP contribution in [0.25, 0.3) is 0 Å². The molecule has 9 nitrogen and oxygen atoms in total. The Morgan fingerprint density at radius 2 is 1.49 bits per heavy atom. The third-order valence-electron chi connectivity index (χ3n) is 8.36. The van der Waals surface area contributed by atoms with Crippen LogP contribution in [0.5, 0.6) is 0 Å². The van der Waals surface area contributed by atoms with Gasteiger partial charge in [-0.1, -0.05) is 27.4 Å². The summed E-state index contributed by atoms with van der Waals surface area (Å²) in [5.74, 6) is -3.31. The van der Waals surface area contributed by atoms with Crippen LogP contribution in [0.1, 0.15) is 67.7 Å². The number of fused-ring (bicyclic) bond motifs is 3. The van der Waals surface area contributed by atoms with Crippen LogP contribution >= 0.6 is 0 Å². The lowest BCUT2D eigenvalue weighted by atomic mass is 9.47. The minimum Gasteiger partial charge on any atom is -0.459 e. The molecule has 0 heterocycles. The number of ketones is 1. The zero-order valence-corrected chi connectivity index (χ0v) is 21.5. The highest BCUT2D eigenvalue weighted by atomic mass is 16.6. The highest BCUT2D eigenvalue weighted by Gasteiger charge is 2.69. The Hall–Kier alpha value is -2.52. The lowest BCUT2D eigenvalue weighted by molar-refractivity contribution is -0.234. The number of aliphatic hydroxyl groups is 2. The maximum atomic E-state index is 13.3. The second-order valence-corrected chi connectivity index (χ2v) is 10.9. The molecule has 0 aromatic heterocycles. The molecule has 194 valence electrons. The average Bonchev–Trinajstić information content (AvgIpc) is 2.71. The zero-order valence-electron chi connectivity index (χ0n) is 21.5. The van der Waals surface area contributed by atoms with Crippen molar-refractivity contribution < 1.29 is 43.6 Å². The molecule has 0 unspecified atom stereocenters. The molecule has 2 saturated carbocycles. The van der Waals surface area contributed by atoms with Gasteiger partial charge in [0.1, 0.15) is 17.8 Å². The van der Waals surface area contributed by atoms with Crippen LogP contribution in [0, 0.1) is 16.7 Å². The van der Waals surface area contributed by atoms with Crippen LogP contribution in [0.15, 0.2) is 23.3 Å². The minimum absolute atomic E-state index is 0.266. The van der Waals surface area contributed by atoms with Gasteiger partial charge in [-0.2, -0.15) is 0 Å². The van der Waals surface area contributed by atoms with Gasteiger partial charge in [-0.05, 0) is 36.5 Å². The smallest absolute Gasteiger partial charge is 0.303 e. The summed E-state index contributed by atoms with van der Waals surface area (Å²) in [5.41, 5.74) is -3.40. The molecular weight excluding hydrogens is 456 g/mol. The molecule has 2 N–H and O–H groups in total. The number of hydrogen-bond donors (Lipinski definition) is 2. The van der Waals surface area contributed by atoms with Gasteiger partial charge >= 0.3 is 17.9 Å². The number of carbonyl (C=O) groups is 4. The average molecular weight is 493 g/mol. The van der Waals surface area contributed by atoms with E-state index in [1.807, 2.05) is 0 Å². The van der Waals surface area contributed by atoms with E-state index in [-0.39, 0.29) is 24.8 Å². The van der Waals surface area contributed by atoms with Crippen molar-refractivity contribution in [2.75, 3.05) is 0 Å². The number of esters is 3. The monoisotopic (exact) mass is 492 g/mol. The standard InChI is InChI=1S/C26H36O9/c1-12-17(30)9-10-25(8)20(12)22(34-15(4)28)26(32)11-18(31)13(2)19(24(26,6)7)21(33-14(3)27)23(25)35-16(5)29/h17,20-23,30,32H,1,9-11H2,2-8H3/t17-,20-,21+,22-,23-,25+,26+/m0/s1. The summed E-state index contributed by atoms with van der Waals surface area (Å²) < 4.78 is 17.4. The van der Waals surface area contributed by atoms with Crippen molar-refractivity contribution in [1.82, 2.24) is 0 Å². The Morgan fingerprint density at radius 3 is 2.00 bits per heavy atom. The normalized spacial score (nSPS) is 38.6. The second kappa shape index (κ2) is 8.85.